The van der Waals surface area contributed by atoms with E-state index in [4.69, 9.17) is 0 Å². The molecule has 0 bridgehead atoms. The molecule has 2 nitrogen and oxygen atoms in total. The van der Waals surface area contributed by atoms with Crippen LogP contribution in [0.15, 0.2) is 54.6 Å². The molecule has 0 aliphatic rings. The highest BCUT2D eigenvalue weighted by molar-refractivity contribution is 5.38. The summed E-state index contributed by atoms with van der Waals surface area (Å²) in [6, 6.07) is 18.8. The van der Waals surface area contributed by atoms with E-state index in [0.29, 0.717) is 6.04 Å². The van der Waals surface area contributed by atoms with E-state index < -0.39 is 5.60 Å². The van der Waals surface area contributed by atoms with Crippen LogP contribution >= 0.6 is 0 Å². The van der Waals surface area contributed by atoms with Crippen LogP contribution in [-0.2, 0) is 6.54 Å². The predicted octanol–water partition coefficient (Wildman–Crippen LogP) is 3.66. The maximum atomic E-state index is 9.66. The first-order chi connectivity index (χ1) is 10.4. The van der Waals surface area contributed by atoms with Gasteiger partial charge in [0, 0.05) is 18.2 Å². The van der Waals surface area contributed by atoms with E-state index in [-0.39, 0.29) is 0 Å². The first-order valence-corrected chi connectivity index (χ1v) is 7.57. The van der Waals surface area contributed by atoms with Crippen LogP contribution in [0.5, 0.6) is 0 Å². The minimum atomic E-state index is -0.962. The molecule has 0 amide bonds. The average molecular weight is 293 g/mol. The van der Waals surface area contributed by atoms with Crippen LogP contribution in [-0.4, -0.2) is 10.7 Å². The van der Waals surface area contributed by atoms with Crippen LogP contribution in [0.25, 0.3) is 0 Å². The third-order valence-electron chi connectivity index (χ3n) is 3.35. The van der Waals surface area contributed by atoms with Gasteiger partial charge in [-0.25, -0.2) is 0 Å². The number of hydrogen-bond acceptors (Lipinski definition) is 2. The molecule has 2 heteroatoms. The van der Waals surface area contributed by atoms with Crippen molar-refractivity contribution < 1.29 is 5.11 Å². The fourth-order valence-corrected chi connectivity index (χ4v) is 2.11. The third kappa shape index (κ3) is 5.37. The molecule has 0 saturated heterocycles. The molecule has 0 spiro atoms. The van der Waals surface area contributed by atoms with Gasteiger partial charge in [-0.2, -0.15) is 0 Å². The van der Waals surface area contributed by atoms with Gasteiger partial charge >= 0.3 is 0 Å². The van der Waals surface area contributed by atoms with Crippen molar-refractivity contribution in [3.8, 4) is 11.8 Å². The molecule has 0 aliphatic carbocycles. The van der Waals surface area contributed by atoms with Crippen molar-refractivity contribution in [2.45, 2.75) is 39.0 Å². The van der Waals surface area contributed by atoms with Crippen molar-refractivity contribution in [3.63, 3.8) is 0 Å². The van der Waals surface area contributed by atoms with Crippen LogP contribution in [0.2, 0.25) is 0 Å². The van der Waals surface area contributed by atoms with Crippen LogP contribution in [0.1, 0.15) is 43.5 Å². The first kappa shape index (κ1) is 16.3. The number of aliphatic hydroxyl groups is 1. The Morgan fingerprint density at radius 2 is 1.82 bits per heavy atom. The Bertz CT molecular complexity index is 659. The maximum absolute atomic E-state index is 9.66. The van der Waals surface area contributed by atoms with E-state index in [9.17, 15) is 5.11 Å². The normalized spacial score (nSPS) is 12.4. The highest BCUT2D eigenvalue weighted by atomic mass is 16.3. The van der Waals surface area contributed by atoms with Gasteiger partial charge in [0.05, 0.1) is 0 Å². The summed E-state index contributed by atoms with van der Waals surface area (Å²) in [5.74, 6) is 5.86. The lowest BCUT2D eigenvalue weighted by Gasteiger charge is -2.14. The first-order valence-electron chi connectivity index (χ1n) is 7.57. The summed E-state index contributed by atoms with van der Waals surface area (Å²) in [5.41, 5.74) is 2.43. The molecule has 2 aromatic carbocycles. The zero-order chi connectivity index (χ0) is 16.0. The summed E-state index contributed by atoms with van der Waals surface area (Å²) in [6.45, 7) is 6.32. The van der Waals surface area contributed by atoms with E-state index in [0.717, 1.165) is 12.1 Å². The molecular weight excluding hydrogens is 270 g/mol. The molecule has 2 N–H and O–H groups in total. The topological polar surface area (TPSA) is 32.3 Å². The number of benzene rings is 2. The van der Waals surface area contributed by atoms with Crippen molar-refractivity contribution in [2.24, 2.45) is 0 Å². The molecule has 1 unspecified atom stereocenters. The highest BCUT2D eigenvalue weighted by Crippen LogP contribution is 2.13. The second kappa shape index (κ2) is 7.26. The summed E-state index contributed by atoms with van der Waals surface area (Å²) in [5, 5.41) is 13.2. The molecule has 2 rings (SSSR count). The Morgan fingerprint density at radius 3 is 2.50 bits per heavy atom. The quantitative estimate of drug-likeness (QED) is 0.843. The largest absolute Gasteiger partial charge is 0.378 e. The lowest BCUT2D eigenvalue weighted by molar-refractivity contribution is 0.143. The minimum Gasteiger partial charge on any atom is -0.378 e. The summed E-state index contributed by atoms with van der Waals surface area (Å²) in [6.07, 6.45) is 0. The number of rotatable bonds is 4. The average Bonchev–Trinajstić information content (AvgIpc) is 2.51. The molecule has 0 heterocycles. The van der Waals surface area contributed by atoms with Crippen molar-refractivity contribution in [3.05, 3.63) is 71.3 Å². The van der Waals surface area contributed by atoms with E-state index in [1.54, 1.807) is 13.8 Å². The second-order valence-electron chi connectivity index (χ2n) is 6.02. The lowest BCUT2D eigenvalue weighted by atomic mass is 10.1. The molecule has 0 aliphatic heterocycles. The second-order valence-corrected chi connectivity index (χ2v) is 6.02. The summed E-state index contributed by atoms with van der Waals surface area (Å²) < 4.78 is 0. The Hall–Kier alpha value is -2.08. The van der Waals surface area contributed by atoms with Gasteiger partial charge in [0.15, 0.2) is 0 Å². The Kier molecular flexibility index (Phi) is 5.38. The molecule has 0 aromatic heterocycles. The van der Waals surface area contributed by atoms with Crippen molar-refractivity contribution >= 4 is 0 Å². The van der Waals surface area contributed by atoms with Gasteiger partial charge in [0.1, 0.15) is 5.60 Å². The fourth-order valence-electron chi connectivity index (χ4n) is 2.11. The molecule has 2 aromatic rings. The molecule has 0 saturated carbocycles. The van der Waals surface area contributed by atoms with Gasteiger partial charge in [0.25, 0.3) is 0 Å². The van der Waals surface area contributed by atoms with Crippen LogP contribution in [0, 0.1) is 11.8 Å². The third-order valence-corrected chi connectivity index (χ3v) is 3.35. The SMILES string of the molecule is CC(NCc1cccc(C#CC(C)(C)O)c1)c1ccccc1. The molecule has 114 valence electrons. The summed E-state index contributed by atoms with van der Waals surface area (Å²) in [4.78, 5) is 0. The summed E-state index contributed by atoms with van der Waals surface area (Å²) in [7, 11) is 0. The molecule has 0 radical (unpaired) electrons. The van der Waals surface area contributed by atoms with E-state index in [1.165, 1.54) is 11.1 Å². The molecule has 22 heavy (non-hydrogen) atoms. The lowest BCUT2D eigenvalue weighted by Crippen LogP contribution is -2.18. The van der Waals surface area contributed by atoms with Gasteiger partial charge < -0.3 is 10.4 Å². The Balaban J connectivity index is 2.00. The minimum absolute atomic E-state index is 0.298. The van der Waals surface area contributed by atoms with Crippen molar-refractivity contribution in [1.82, 2.24) is 5.32 Å². The smallest absolute Gasteiger partial charge is 0.120 e. The van der Waals surface area contributed by atoms with Crippen LogP contribution in [0.4, 0.5) is 0 Å². The van der Waals surface area contributed by atoms with Crippen molar-refractivity contribution in [1.29, 1.82) is 0 Å². The fraction of sp³-hybridized carbons (Fsp3) is 0.300. The maximum Gasteiger partial charge on any atom is 0.120 e. The zero-order valence-electron chi connectivity index (χ0n) is 13.4. The van der Waals surface area contributed by atoms with Gasteiger partial charge in [-0.05, 0) is 44.0 Å². The van der Waals surface area contributed by atoms with E-state index in [2.05, 4.69) is 60.5 Å². The van der Waals surface area contributed by atoms with Gasteiger partial charge in [0.2, 0.25) is 0 Å². The number of hydrogen-bond donors (Lipinski definition) is 2. The van der Waals surface area contributed by atoms with Gasteiger partial charge in [-0.15, -0.1) is 0 Å². The van der Waals surface area contributed by atoms with Crippen LogP contribution < -0.4 is 5.32 Å². The molecule has 0 fully saturated rings. The number of nitrogens with one attached hydrogen (secondary N) is 1. The van der Waals surface area contributed by atoms with Crippen LogP contribution in [0.3, 0.4) is 0 Å². The van der Waals surface area contributed by atoms with Gasteiger partial charge in [-0.1, -0.05) is 54.3 Å². The Labute approximate surface area is 133 Å². The highest BCUT2D eigenvalue weighted by Gasteiger charge is 2.06. The van der Waals surface area contributed by atoms with Crippen molar-refractivity contribution in [2.75, 3.05) is 0 Å². The zero-order valence-corrected chi connectivity index (χ0v) is 13.4. The standard InChI is InChI=1S/C20H23NO/c1-16(19-10-5-4-6-11-19)21-15-18-9-7-8-17(14-18)12-13-20(2,3)22/h4-11,14,16,21-22H,15H2,1-3H3. The van der Waals surface area contributed by atoms with E-state index in [1.807, 2.05) is 18.2 Å². The predicted molar refractivity (Wildman–Crippen MR) is 91.3 cm³/mol. The monoisotopic (exact) mass is 293 g/mol. The molecule has 1 atom stereocenters. The molecular formula is C20H23NO. The summed E-state index contributed by atoms with van der Waals surface area (Å²) >= 11 is 0. The van der Waals surface area contributed by atoms with Gasteiger partial charge in [-0.3, -0.25) is 0 Å². The van der Waals surface area contributed by atoms with E-state index >= 15 is 0 Å². The Morgan fingerprint density at radius 1 is 1.09 bits per heavy atom.